The molecule has 0 bridgehead atoms. The van der Waals surface area contributed by atoms with Crippen LogP contribution in [-0.2, 0) is 0 Å². The lowest BCUT2D eigenvalue weighted by atomic mass is 9.98. The number of nitrogens with two attached hydrogens (primary N) is 1. The largest absolute Gasteiger partial charge is 0.326 e. The third-order valence-corrected chi connectivity index (χ3v) is 5.40. The number of rotatable bonds is 7. The van der Waals surface area contributed by atoms with Crippen LogP contribution >= 0.6 is 27.3 Å². The highest BCUT2D eigenvalue weighted by Crippen LogP contribution is 2.34. The van der Waals surface area contributed by atoms with E-state index in [1.807, 2.05) is 0 Å². The number of halogens is 1. The van der Waals surface area contributed by atoms with E-state index in [0.29, 0.717) is 18.0 Å². The van der Waals surface area contributed by atoms with Gasteiger partial charge in [-0.1, -0.05) is 20.8 Å². The molecule has 0 fully saturated rings. The van der Waals surface area contributed by atoms with Gasteiger partial charge in [-0.3, -0.25) is 4.90 Å². The van der Waals surface area contributed by atoms with Crippen LogP contribution in [0.1, 0.15) is 51.5 Å². The quantitative estimate of drug-likeness (QED) is 0.778. The third-order valence-electron chi connectivity index (χ3n) is 3.71. The van der Waals surface area contributed by atoms with Crippen LogP contribution in [0.2, 0.25) is 0 Å². The first-order valence-electron chi connectivity index (χ1n) is 7.09. The van der Waals surface area contributed by atoms with Crippen molar-refractivity contribution < 1.29 is 0 Å². The van der Waals surface area contributed by atoms with E-state index in [0.717, 1.165) is 6.42 Å². The van der Waals surface area contributed by atoms with Gasteiger partial charge in [0.25, 0.3) is 0 Å². The van der Waals surface area contributed by atoms with Gasteiger partial charge in [-0.15, -0.1) is 11.3 Å². The second-order valence-electron chi connectivity index (χ2n) is 5.80. The first kappa shape index (κ1) is 17.2. The highest BCUT2D eigenvalue weighted by Gasteiger charge is 2.27. The summed E-state index contributed by atoms with van der Waals surface area (Å²) in [4.78, 5) is 3.81. The summed E-state index contributed by atoms with van der Waals surface area (Å²) in [5.74, 6) is 0.714. The van der Waals surface area contributed by atoms with Crippen LogP contribution in [0.15, 0.2) is 15.9 Å². The standard InChI is InChI=1S/C15H27BrN2S/c1-6-12(17)15(13-7-8-14(16)19-13)18(5)11(4)9-10(2)3/h7-8,10-12,15H,6,9,17H2,1-5H3. The van der Waals surface area contributed by atoms with Crippen molar-refractivity contribution in [2.24, 2.45) is 11.7 Å². The second-order valence-corrected chi connectivity index (χ2v) is 8.30. The van der Waals surface area contributed by atoms with Gasteiger partial charge in [-0.05, 0) is 60.8 Å². The number of hydrogen-bond acceptors (Lipinski definition) is 3. The molecule has 0 spiro atoms. The Labute approximate surface area is 130 Å². The SMILES string of the molecule is CCC(N)C(c1ccc(Br)s1)N(C)C(C)CC(C)C. The van der Waals surface area contributed by atoms with Crippen molar-refractivity contribution in [1.82, 2.24) is 4.90 Å². The fourth-order valence-electron chi connectivity index (χ4n) is 2.55. The van der Waals surface area contributed by atoms with E-state index in [1.54, 1.807) is 11.3 Å². The fraction of sp³-hybridized carbons (Fsp3) is 0.733. The monoisotopic (exact) mass is 346 g/mol. The van der Waals surface area contributed by atoms with Crippen molar-refractivity contribution in [3.63, 3.8) is 0 Å². The van der Waals surface area contributed by atoms with Crippen molar-refractivity contribution in [3.8, 4) is 0 Å². The molecule has 1 rings (SSSR count). The maximum Gasteiger partial charge on any atom is 0.0702 e. The third kappa shape index (κ3) is 4.85. The molecule has 2 nitrogen and oxygen atoms in total. The molecule has 0 radical (unpaired) electrons. The van der Waals surface area contributed by atoms with Crippen LogP contribution in [0.25, 0.3) is 0 Å². The summed E-state index contributed by atoms with van der Waals surface area (Å²) in [5.41, 5.74) is 6.38. The predicted molar refractivity (Wildman–Crippen MR) is 89.7 cm³/mol. The number of likely N-dealkylation sites (N-methyl/N-ethyl adjacent to an activating group) is 1. The van der Waals surface area contributed by atoms with Crippen LogP contribution in [0.5, 0.6) is 0 Å². The molecule has 1 aromatic rings. The number of hydrogen-bond donors (Lipinski definition) is 1. The van der Waals surface area contributed by atoms with Gasteiger partial charge in [0.1, 0.15) is 0 Å². The van der Waals surface area contributed by atoms with Crippen molar-refractivity contribution in [2.75, 3.05) is 7.05 Å². The number of nitrogens with zero attached hydrogens (tertiary/aromatic N) is 1. The van der Waals surface area contributed by atoms with Gasteiger partial charge < -0.3 is 5.73 Å². The lowest BCUT2D eigenvalue weighted by Crippen LogP contribution is -2.43. The summed E-state index contributed by atoms with van der Waals surface area (Å²) in [6, 6.07) is 5.37. The molecule has 1 aromatic heterocycles. The summed E-state index contributed by atoms with van der Waals surface area (Å²) in [7, 11) is 2.21. The molecular weight excluding hydrogens is 320 g/mol. The Hall–Kier alpha value is 0.1000. The molecule has 4 heteroatoms. The van der Waals surface area contributed by atoms with E-state index in [2.05, 4.69) is 67.7 Å². The Morgan fingerprint density at radius 1 is 1.32 bits per heavy atom. The van der Waals surface area contributed by atoms with Crippen LogP contribution in [0, 0.1) is 5.92 Å². The molecule has 0 aliphatic carbocycles. The van der Waals surface area contributed by atoms with Crippen molar-refractivity contribution >= 4 is 27.3 Å². The van der Waals surface area contributed by atoms with E-state index in [1.165, 1.54) is 15.1 Å². The Balaban J connectivity index is 2.91. The molecule has 110 valence electrons. The van der Waals surface area contributed by atoms with Gasteiger partial charge in [0.15, 0.2) is 0 Å². The zero-order valence-corrected chi connectivity index (χ0v) is 15.1. The van der Waals surface area contributed by atoms with Gasteiger partial charge in [-0.25, -0.2) is 0 Å². The Morgan fingerprint density at radius 3 is 2.37 bits per heavy atom. The Bertz CT molecular complexity index is 378. The fourth-order valence-corrected chi connectivity index (χ4v) is 4.20. The van der Waals surface area contributed by atoms with Gasteiger partial charge in [0.05, 0.1) is 9.83 Å². The van der Waals surface area contributed by atoms with E-state index >= 15 is 0 Å². The summed E-state index contributed by atoms with van der Waals surface area (Å²) < 4.78 is 1.18. The predicted octanol–water partition coefficient (Wildman–Crippen LogP) is 4.66. The minimum atomic E-state index is 0.185. The van der Waals surface area contributed by atoms with Gasteiger partial charge in [-0.2, -0.15) is 0 Å². The molecule has 3 atom stereocenters. The zero-order valence-electron chi connectivity index (χ0n) is 12.7. The Morgan fingerprint density at radius 2 is 1.95 bits per heavy atom. The maximum atomic E-state index is 6.38. The van der Waals surface area contributed by atoms with E-state index in [-0.39, 0.29) is 6.04 Å². The van der Waals surface area contributed by atoms with Gasteiger partial charge >= 0.3 is 0 Å². The topological polar surface area (TPSA) is 29.3 Å². The average molecular weight is 347 g/mol. The summed E-state index contributed by atoms with van der Waals surface area (Å²) in [6.45, 7) is 9.03. The average Bonchev–Trinajstić information content (AvgIpc) is 2.74. The molecular formula is C15H27BrN2S. The van der Waals surface area contributed by atoms with E-state index in [9.17, 15) is 0 Å². The summed E-state index contributed by atoms with van der Waals surface area (Å²) in [6.07, 6.45) is 2.20. The Kier molecular flexibility index (Phi) is 7.01. The van der Waals surface area contributed by atoms with Gasteiger partial charge in [0, 0.05) is 17.0 Å². The molecule has 1 heterocycles. The minimum absolute atomic E-state index is 0.185. The highest BCUT2D eigenvalue weighted by atomic mass is 79.9. The zero-order chi connectivity index (χ0) is 14.6. The molecule has 0 aliphatic heterocycles. The minimum Gasteiger partial charge on any atom is -0.326 e. The molecule has 3 unspecified atom stereocenters. The molecule has 0 saturated carbocycles. The number of thiophene rings is 1. The molecule has 0 aromatic carbocycles. The van der Waals surface area contributed by atoms with Crippen molar-refractivity contribution in [3.05, 3.63) is 20.8 Å². The molecule has 0 amide bonds. The van der Waals surface area contributed by atoms with Crippen molar-refractivity contribution in [2.45, 2.75) is 58.7 Å². The molecule has 0 saturated heterocycles. The molecule has 19 heavy (non-hydrogen) atoms. The van der Waals surface area contributed by atoms with Gasteiger partial charge in [0.2, 0.25) is 0 Å². The first-order chi connectivity index (χ1) is 8.86. The normalized spacial score (nSPS) is 16.9. The lowest BCUT2D eigenvalue weighted by Gasteiger charge is -2.36. The van der Waals surface area contributed by atoms with Crippen LogP contribution < -0.4 is 5.73 Å². The smallest absolute Gasteiger partial charge is 0.0702 e. The summed E-state index contributed by atoms with van der Waals surface area (Å²) in [5, 5.41) is 0. The summed E-state index contributed by atoms with van der Waals surface area (Å²) >= 11 is 5.36. The lowest BCUT2D eigenvalue weighted by molar-refractivity contribution is 0.144. The second kappa shape index (κ2) is 7.77. The van der Waals surface area contributed by atoms with Crippen LogP contribution in [0.3, 0.4) is 0 Å². The van der Waals surface area contributed by atoms with E-state index in [4.69, 9.17) is 5.73 Å². The van der Waals surface area contributed by atoms with Crippen LogP contribution in [-0.4, -0.2) is 24.0 Å². The van der Waals surface area contributed by atoms with Crippen molar-refractivity contribution in [1.29, 1.82) is 0 Å². The van der Waals surface area contributed by atoms with Crippen LogP contribution in [0.4, 0.5) is 0 Å². The maximum absolute atomic E-state index is 6.38. The highest BCUT2D eigenvalue weighted by molar-refractivity contribution is 9.11. The molecule has 0 aliphatic rings. The first-order valence-corrected chi connectivity index (χ1v) is 8.70. The van der Waals surface area contributed by atoms with E-state index < -0.39 is 0 Å². The molecule has 2 N–H and O–H groups in total.